The van der Waals surface area contributed by atoms with E-state index in [1.54, 1.807) is 16.2 Å². The van der Waals surface area contributed by atoms with Gasteiger partial charge < -0.3 is 10.2 Å². The molecule has 1 aromatic heterocycles. The maximum Gasteiger partial charge on any atom is 0.321 e. The van der Waals surface area contributed by atoms with Crippen molar-refractivity contribution >= 4 is 23.1 Å². The molecule has 0 bridgehead atoms. The summed E-state index contributed by atoms with van der Waals surface area (Å²) in [4.78, 5) is 19.8. The number of aryl methyl sites for hydroxylation is 2. The number of para-hydroxylation sites is 1. The van der Waals surface area contributed by atoms with Crippen LogP contribution in [0.5, 0.6) is 0 Å². The molecule has 0 saturated heterocycles. The van der Waals surface area contributed by atoms with Gasteiger partial charge in [0.2, 0.25) is 0 Å². The van der Waals surface area contributed by atoms with Gasteiger partial charge in [-0.1, -0.05) is 39.0 Å². The average Bonchev–Trinajstić information content (AvgIpc) is 2.90. The van der Waals surface area contributed by atoms with Crippen LogP contribution in [0.3, 0.4) is 0 Å². The van der Waals surface area contributed by atoms with Gasteiger partial charge in [-0.2, -0.15) is 0 Å². The molecular formula is C19H27N3OS. The first-order valence-electron chi connectivity index (χ1n) is 8.21. The molecule has 0 saturated carbocycles. The first-order valence-corrected chi connectivity index (χ1v) is 9.09. The highest BCUT2D eigenvalue weighted by molar-refractivity contribution is 7.09. The molecule has 130 valence electrons. The Morgan fingerprint density at radius 1 is 1.29 bits per heavy atom. The molecule has 0 fully saturated rings. The fourth-order valence-electron chi connectivity index (χ4n) is 2.60. The Labute approximate surface area is 148 Å². The number of hydrogen-bond donors (Lipinski definition) is 1. The average molecular weight is 346 g/mol. The van der Waals surface area contributed by atoms with Crippen molar-refractivity contribution in [3.8, 4) is 0 Å². The van der Waals surface area contributed by atoms with E-state index < -0.39 is 0 Å². The van der Waals surface area contributed by atoms with Crippen LogP contribution in [0.25, 0.3) is 0 Å². The number of rotatable bonds is 4. The highest BCUT2D eigenvalue weighted by Gasteiger charge is 2.21. The lowest BCUT2D eigenvalue weighted by atomic mass is 9.84. The van der Waals surface area contributed by atoms with E-state index in [-0.39, 0.29) is 11.4 Å². The van der Waals surface area contributed by atoms with Crippen LogP contribution >= 0.6 is 11.3 Å². The van der Waals surface area contributed by atoms with Crippen LogP contribution in [-0.2, 0) is 11.8 Å². The van der Waals surface area contributed by atoms with E-state index in [1.165, 1.54) is 4.88 Å². The first kappa shape index (κ1) is 18.5. The van der Waals surface area contributed by atoms with Crippen molar-refractivity contribution in [3.05, 3.63) is 45.4 Å². The number of nitrogens with one attached hydrogen (secondary N) is 1. The van der Waals surface area contributed by atoms with Crippen molar-refractivity contribution < 1.29 is 4.79 Å². The first-order chi connectivity index (χ1) is 11.2. The fraction of sp³-hybridized carbons (Fsp3) is 0.474. The van der Waals surface area contributed by atoms with Gasteiger partial charge in [-0.05, 0) is 30.4 Å². The lowest BCUT2D eigenvalue weighted by molar-refractivity contribution is 0.223. The molecule has 1 heterocycles. The lowest BCUT2D eigenvalue weighted by Crippen LogP contribution is -2.34. The summed E-state index contributed by atoms with van der Waals surface area (Å²) in [5, 5.41) is 3.10. The van der Waals surface area contributed by atoms with Crippen LogP contribution in [0.1, 0.15) is 42.5 Å². The number of benzene rings is 1. The maximum atomic E-state index is 12.6. The van der Waals surface area contributed by atoms with Gasteiger partial charge in [0.1, 0.15) is 0 Å². The quantitative estimate of drug-likeness (QED) is 0.868. The minimum atomic E-state index is -0.0723. The second-order valence-corrected chi connectivity index (χ2v) is 8.15. The number of nitrogens with zero attached hydrogens (tertiary/aromatic N) is 2. The van der Waals surface area contributed by atoms with Crippen molar-refractivity contribution in [2.75, 3.05) is 18.9 Å². The number of aromatic nitrogens is 1. The van der Waals surface area contributed by atoms with Gasteiger partial charge in [0, 0.05) is 30.6 Å². The molecule has 0 atom stereocenters. The number of likely N-dealkylation sites (N-methyl/N-ethyl adjacent to an activating group) is 1. The van der Waals surface area contributed by atoms with E-state index in [9.17, 15) is 4.79 Å². The number of carbonyl (C=O) groups is 1. The molecule has 0 aliphatic heterocycles. The summed E-state index contributed by atoms with van der Waals surface area (Å²) in [6.07, 6.45) is 0.834. The standard InChI is InChI=1S/C19H27N3OS/c1-13-8-7-9-15(19(3,4)5)17(13)21-18(23)22(6)11-10-16-14(2)20-12-24-16/h7-9,12H,10-11H2,1-6H3,(H,21,23). The third kappa shape index (κ3) is 4.35. The Morgan fingerprint density at radius 2 is 2.00 bits per heavy atom. The van der Waals surface area contributed by atoms with Crippen LogP contribution in [0.15, 0.2) is 23.7 Å². The molecule has 0 radical (unpaired) electrons. The Balaban J connectivity index is 2.08. The normalized spacial score (nSPS) is 11.4. The zero-order valence-electron chi connectivity index (χ0n) is 15.4. The number of urea groups is 1. The molecule has 4 nitrogen and oxygen atoms in total. The highest BCUT2D eigenvalue weighted by Crippen LogP contribution is 2.32. The van der Waals surface area contributed by atoms with Crippen LogP contribution < -0.4 is 5.32 Å². The zero-order chi connectivity index (χ0) is 17.9. The fourth-order valence-corrected chi connectivity index (χ4v) is 3.37. The lowest BCUT2D eigenvalue weighted by Gasteiger charge is -2.26. The molecule has 2 aromatic rings. The molecule has 1 aromatic carbocycles. The number of anilines is 1. The summed E-state index contributed by atoms with van der Waals surface area (Å²) in [6.45, 7) is 11.2. The van der Waals surface area contributed by atoms with E-state index in [0.717, 1.165) is 28.9 Å². The van der Waals surface area contributed by atoms with E-state index in [4.69, 9.17) is 0 Å². The van der Waals surface area contributed by atoms with Gasteiger partial charge in [0.15, 0.2) is 0 Å². The minimum absolute atomic E-state index is 0.0209. The monoisotopic (exact) mass is 345 g/mol. The molecule has 2 rings (SSSR count). The maximum absolute atomic E-state index is 12.6. The molecule has 0 unspecified atom stereocenters. The summed E-state index contributed by atoms with van der Waals surface area (Å²) in [7, 11) is 1.83. The van der Waals surface area contributed by atoms with Crippen molar-refractivity contribution in [3.63, 3.8) is 0 Å². The summed E-state index contributed by atoms with van der Waals surface area (Å²) in [5.41, 5.74) is 6.06. The van der Waals surface area contributed by atoms with E-state index in [1.807, 2.05) is 38.5 Å². The van der Waals surface area contributed by atoms with Crippen molar-refractivity contribution in [2.24, 2.45) is 0 Å². The third-order valence-electron chi connectivity index (χ3n) is 4.18. The molecule has 5 heteroatoms. The van der Waals surface area contributed by atoms with Gasteiger partial charge >= 0.3 is 6.03 Å². The SMILES string of the molecule is Cc1cccc(C(C)(C)C)c1NC(=O)N(C)CCc1scnc1C. The van der Waals surface area contributed by atoms with Crippen LogP contribution in [0.2, 0.25) is 0 Å². The summed E-state index contributed by atoms with van der Waals surface area (Å²) >= 11 is 1.65. The summed E-state index contributed by atoms with van der Waals surface area (Å²) in [5.74, 6) is 0. The number of thiazole rings is 1. The largest absolute Gasteiger partial charge is 0.327 e. The van der Waals surface area contributed by atoms with Crippen LogP contribution in [0.4, 0.5) is 10.5 Å². The molecule has 0 aliphatic rings. The minimum Gasteiger partial charge on any atom is -0.327 e. The number of amides is 2. The van der Waals surface area contributed by atoms with E-state index in [0.29, 0.717) is 6.54 Å². The van der Waals surface area contributed by atoms with Crippen molar-refractivity contribution in [1.82, 2.24) is 9.88 Å². The van der Waals surface area contributed by atoms with E-state index >= 15 is 0 Å². The topological polar surface area (TPSA) is 45.2 Å². The molecule has 1 N–H and O–H groups in total. The number of carbonyl (C=O) groups excluding carboxylic acids is 1. The highest BCUT2D eigenvalue weighted by atomic mass is 32.1. The van der Waals surface area contributed by atoms with Crippen molar-refractivity contribution in [2.45, 2.75) is 46.5 Å². The van der Waals surface area contributed by atoms with Crippen LogP contribution in [0, 0.1) is 13.8 Å². The third-order valence-corrected chi connectivity index (χ3v) is 5.17. The van der Waals surface area contributed by atoms with Gasteiger partial charge in [-0.25, -0.2) is 9.78 Å². The Kier molecular flexibility index (Phi) is 5.65. The van der Waals surface area contributed by atoms with Gasteiger partial charge in [0.05, 0.1) is 11.2 Å². The summed E-state index contributed by atoms with van der Waals surface area (Å²) in [6, 6.07) is 6.09. The Bertz CT molecular complexity index is 716. The zero-order valence-corrected chi connectivity index (χ0v) is 16.3. The van der Waals surface area contributed by atoms with Crippen LogP contribution in [-0.4, -0.2) is 29.5 Å². The summed E-state index contributed by atoms with van der Waals surface area (Å²) < 4.78 is 0. The smallest absolute Gasteiger partial charge is 0.321 e. The second kappa shape index (κ2) is 7.34. The van der Waals surface area contributed by atoms with Gasteiger partial charge in [-0.3, -0.25) is 0 Å². The van der Waals surface area contributed by atoms with Crippen molar-refractivity contribution in [1.29, 1.82) is 0 Å². The van der Waals surface area contributed by atoms with E-state index in [2.05, 4.69) is 37.1 Å². The van der Waals surface area contributed by atoms with Gasteiger partial charge in [-0.15, -0.1) is 11.3 Å². The Morgan fingerprint density at radius 3 is 2.58 bits per heavy atom. The molecule has 0 aliphatic carbocycles. The number of hydrogen-bond acceptors (Lipinski definition) is 3. The predicted octanol–water partition coefficient (Wildman–Crippen LogP) is 4.76. The molecule has 2 amide bonds. The molecule has 24 heavy (non-hydrogen) atoms. The molecule has 0 spiro atoms. The predicted molar refractivity (Wildman–Crippen MR) is 102 cm³/mol. The van der Waals surface area contributed by atoms with Gasteiger partial charge in [0.25, 0.3) is 0 Å². The Hall–Kier alpha value is -1.88. The molecular weight excluding hydrogens is 318 g/mol. The second-order valence-electron chi connectivity index (χ2n) is 7.21.